The molecule has 0 saturated carbocycles. The normalized spacial score (nSPS) is 22.6. The van der Waals surface area contributed by atoms with Crippen molar-refractivity contribution in [2.24, 2.45) is 0 Å². The van der Waals surface area contributed by atoms with Crippen LogP contribution < -0.4 is 0 Å². The highest BCUT2D eigenvalue weighted by Gasteiger charge is 2.49. The van der Waals surface area contributed by atoms with Crippen molar-refractivity contribution in [3.8, 4) is 0 Å². The number of carbonyl (C=O) groups excluding carboxylic acids is 1. The van der Waals surface area contributed by atoms with E-state index in [1.807, 2.05) is 53.7 Å². The number of benzene rings is 1. The Kier molecular flexibility index (Phi) is 2.44. The number of hydrogen-bond donors (Lipinski definition) is 0. The zero-order chi connectivity index (χ0) is 11.2. The summed E-state index contributed by atoms with van der Waals surface area (Å²) in [7, 11) is 1.92. The molecule has 3 rings (SSSR count). The smallest absolute Gasteiger partial charge is 0.256 e. The lowest BCUT2D eigenvalue weighted by atomic mass is 10.1. The first-order valence-electron chi connectivity index (χ1n) is 5.41. The molecule has 4 heteroatoms. The summed E-state index contributed by atoms with van der Waals surface area (Å²) in [5.41, 5.74) is 2.07. The van der Waals surface area contributed by atoms with Crippen LogP contribution in [0.25, 0.3) is 0 Å². The number of carbonyl (C=O) groups is 1. The van der Waals surface area contributed by atoms with Crippen LogP contribution in [0.4, 0.5) is 0 Å². The van der Waals surface area contributed by atoms with E-state index < -0.39 is 0 Å². The number of fused-ring (bicyclic) bond motifs is 2. The standard InChI is InChI=1S/C12H13NOS2/c1-13-11(14)9-5-2-3-6-10(9)12(13)15-7-4-8-16-12/h2-3,5-6H,4,7-8H2,1H3. The lowest BCUT2D eigenvalue weighted by Crippen LogP contribution is -2.37. The Bertz CT molecular complexity index is 440. The van der Waals surface area contributed by atoms with Crippen LogP contribution in [0, 0.1) is 0 Å². The fraction of sp³-hybridized carbons (Fsp3) is 0.417. The van der Waals surface area contributed by atoms with Crippen molar-refractivity contribution in [2.45, 2.75) is 10.6 Å². The molecule has 1 amide bonds. The van der Waals surface area contributed by atoms with Gasteiger partial charge in [0.2, 0.25) is 0 Å². The molecule has 2 nitrogen and oxygen atoms in total. The molecule has 1 fully saturated rings. The van der Waals surface area contributed by atoms with Crippen molar-refractivity contribution >= 4 is 29.4 Å². The molecule has 2 aliphatic heterocycles. The van der Waals surface area contributed by atoms with Crippen molar-refractivity contribution in [3.63, 3.8) is 0 Å². The highest BCUT2D eigenvalue weighted by Crippen LogP contribution is 2.56. The van der Waals surface area contributed by atoms with Gasteiger partial charge in [-0.05, 0) is 24.0 Å². The molecule has 1 saturated heterocycles. The van der Waals surface area contributed by atoms with Gasteiger partial charge in [-0.25, -0.2) is 0 Å². The van der Waals surface area contributed by atoms with E-state index in [-0.39, 0.29) is 10.1 Å². The molecule has 0 radical (unpaired) electrons. The molecule has 0 aromatic heterocycles. The number of rotatable bonds is 0. The van der Waals surface area contributed by atoms with Crippen LogP contribution in [0.2, 0.25) is 0 Å². The lowest BCUT2D eigenvalue weighted by molar-refractivity contribution is 0.0798. The van der Waals surface area contributed by atoms with Gasteiger partial charge in [0.25, 0.3) is 5.91 Å². The first kappa shape index (κ1) is 10.5. The molecule has 0 bridgehead atoms. The monoisotopic (exact) mass is 251 g/mol. The van der Waals surface area contributed by atoms with Gasteiger partial charge < -0.3 is 4.90 Å². The van der Waals surface area contributed by atoms with E-state index in [0.29, 0.717) is 0 Å². The Morgan fingerprint density at radius 3 is 2.69 bits per heavy atom. The molecule has 0 unspecified atom stereocenters. The summed E-state index contributed by atoms with van der Waals surface area (Å²) in [6.45, 7) is 0. The van der Waals surface area contributed by atoms with Crippen molar-refractivity contribution < 1.29 is 4.79 Å². The van der Waals surface area contributed by atoms with Gasteiger partial charge in [-0.15, -0.1) is 23.5 Å². The second-order valence-electron chi connectivity index (χ2n) is 4.04. The molecule has 0 aliphatic carbocycles. The van der Waals surface area contributed by atoms with Gasteiger partial charge in [0.1, 0.15) is 0 Å². The maximum absolute atomic E-state index is 12.2. The maximum atomic E-state index is 12.2. The van der Waals surface area contributed by atoms with E-state index in [4.69, 9.17) is 0 Å². The van der Waals surface area contributed by atoms with Crippen molar-refractivity contribution in [1.82, 2.24) is 4.90 Å². The van der Waals surface area contributed by atoms with E-state index in [1.165, 1.54) is 12.0 Å². The summed E-state index contributed by atoms with van der Waals surface area (Å²) >= 11 is 3.79. The Labute approximate surface area is 104 Å². The van der Waals surface area contributed by atoms with E-state index in [0.717, 1.165) is 17.1 Å². The average Bonchev–Trinajstić information content (AvgIpc) is 2.55. The Morgan fingerprint density at radius 2 is 1.94 bits per heavy atom. The fourth-order valence-electron chi connectivity index (χ4n) is 2.31. The van der Waals surface area contributed by atoms with Crippen molar-refractivity contribution in [1.29, 1.82) is 0 Å². The van der Waals surface area contributed by atoms with E-state index in [1.54, 1.807) is 0 Å². The SMILES string of the molecule is CN1C(=O)c2ccccc2C12SCCCS2. The number of nitrogens with zero attached hydrogens (tertiary/aromatic N) is 1. The van der Waals surface area contributed by atoms with Crippen LogP contribution in [0.5, 0.6) is 0 Å². The predicted molar refractivity (Wildman–Crippen MR) is 69.7 cm³/mol. The van der Waals surface area contributed by atoms with Gasteiger partial charge in [-0.1, -0.05) is 18.2 Å². The summed E-state index contributed by atoms with van der Waals surface area (Å²) in [6.07, 6.45) is 1.24. The molecule has 0 N–H and O–H groups in total. The van der Waals surface area contributed by atoms with Gasteiger partial charge in [0, 0.05) is 18.2 Å². The minimum absolute atomic E-state index is 0.147. The summed E-state index contributed by atoms with van der Waals surface area (Å²) in [6, 6.07) is 8.02. The van der Waals surface area contributed by atoms with Crippen molar-refractivity contribution in [3.05, 3.63) is 35.4 Å². The fourth-order valence-corrected chi connectivity index (χ4v) is 5.68. The molecule has 1 aromatic carbocycles. The first-order valence-corrected chi connectivity index (χ1v) is 7.38. The Morgan fingerprint density at radius 1 is 1.25 bits per heavy atom. The van der Waals surface area contributed by atoms with Gasteiger partial charge in [-0.2, -0.15) is 0 Å². The molecule has 2 aliphatic rings. The van der Waals surface area contributed by atoms with Gasteiger partial charge >= 0.3 is 0 Å². The summed E-state index contributed by atoms with van der Waals surface area (Å²) < 4.78 is -0.147. The summed E-state index contributed by atoms with van der Waals surface area (Å²) in [5.74, 6) is 2.44. The zero-order valence-electron chi connectivity index (χ0n) is 9.10. The Balaban J connectivity index is 2.15. The third kappa shape index (κ3) is 1.26. The molecule has 1 spiro atoms. The second kappa shape index (κ2) is 3.70. The molecule has 84 valence electrons. The first-order chi connectivity index (χ1) is 7.76. The molecular formula is C12H13NOS2. The highest BCUT2D eigenvalue weighted by molar-refractivity contribution is 8.18. The van der Waals surface area contributed by atoms with Crippen LogP contribution in [0.15, 0.2) is 24.3 Å². The van der Waals surface area contributed by atoms with Crippen LogP contribution in [-0.2, 0) is 4.20 Å². The third-order valence-corrected chi connectivity index (χ3v) is 6.59. The topological polar surface area (TPSA) is 20.3 Å². The van der Waals surface area contributed by atoms with Crippen LogP contribution in [0.1, 0.15) is 22.3 Å². The molecule has 16 heavy (non-hydrogen) atoms. The highest BCUT2D eigenvalue weighted by atomic mass is 32.2. The predicted octanol–water partition coefficient (Wildman–Crippen LogP) is 2.75. The van der Waals surface area contributed by atoms with E-state index in [2.05, 4.69) is 6.07 Å². The van der Waals surface area contributed by atoms with E-state index in [9.17, 15) is 4.79 Å². The van der Waals surface area contributed by atoms with Gasteiger partial charge in [0.15, 0.2) is 4.20 Å². The molecular weight excluding hydrogens is 238 g/mol. The minimum atomic E-state index is -0.147. The maximum Gasteiger partial charge on any atom is 0.256 e. The number of thioether (sulfide) groups is 2. The number of hydrogen-bond acceptors (Lipinski definition) is 3. The third-order valence-electron chi connectivity index (χ3n) is 3.13. The summed E-state index contributed by atoms with van der Waals surface area (Å²) in [4.78, 5) is 14.1. The lowest BCUT2D eigenvalue weighted by Gasteiger charge is -2.38. The van der Waals surface area contributed by atoms with Crippen LogP contribution >= 0.6 is 23.5 Å². The minimum Gasteiger partial charge on any atom is -0.314 e. The van der Waals surface area contributed by atoms with Crippen LogP contribution in [-0.4, -0.2) is 29.4 Å². The van der Waals surface area contributed by atoms with Gasteiger partial charge in [-0.3, -0.25) is 4.79 Å². The average molecular weight is 251 g/mol. The zero-order valence-corrected chi connectivity index (χ0v) is 10.7. The summed E-state index contributed by atoms with van der Waals surface area (Å²) in [5, 5.41) is 0. The molecule has 1 aromatic rings. The van der Waals surface area contributed by atoms with E-state index >= 15 is 0 Å². The largest absolute Gasteiger partial charge is 0.314 e. The molecule has 0 atom stereocenters. The quantitative estimate of drug-likeness (QED) is 0.707. The van der Waals surface area contributed by atoms with Crippen LogP contribution in [0.3, 0.4) is 0 Å². The Hall–Kier alpha value is -0.610. The second-order valence-corrected chi connectivity index (χ2v) is 6.88. The number of amides is 1. The van der Waals surface area contributed by atoms with Crippen molar-refractivity contribution in [2.75, 3.05) is 18.6 Å². The molecule has 2 heterocycles. The van der Waals surface area contributed by atoms with Gasteiger partial charge in [0.05, 0.1) is 0 Å².